The van der Waals surface area contributed by atoms with Gasteiger partial charge in [-0.05, 0) is 18.2 Å². The molecule has 0 spiro atoms. The molecule has 0 fully saturated rings. The summed E-state index contributed by atoms with van der Waals surface area (Å²) < 4.78 is 19.0. The van der Waals surface area contributed by atoms with Crippen molar-refractivity contribution < 1.29 is 9.13 Å². The maximum Gasteiger partial charge on any atom is 0.322 e. The third-order valence-corrected chi connectivity index (χ3v) is 2.40. The predicted octanol–water partition coefficient (Wildman–Crippen LogP) is 2.63. The molecule has 2 N–H and O–H groups in total. The lowest BCUT2D eigenvalue weighted by Crippen LogP contribution is -2.01. The van der Waals surface area contributed by atoms with Gasteiger partial charge >= 0.3 is 6.01 Å². The van der Waals surface area contributed by atoms with E-state index in [1.807, 2.05) is 0 Å². The van der Waals surface area contributed by atoms with Gasteiger partial charge in [0.15, 0.2) is 0 Å². The fourth-order valence-electron chi connectivity index (χ4n) is 1.23. The molecular weight excluding hydrogens is 289 g/mol. The molecule has 0 radical (unpaired) electrons. The van der Waals surface area contributed by atoms with Gasteiger partial charge in [0.2, 0.25) is 0 Å². The Kier molecular flexibility index (Phi) is 3.65. The van der Waals surface area contributed by atoms with Gasteiger partial charge < -0.3 is 10.5 Å². The Labute approximate surface area is 106 Å². The van der Waals surface area contributed by atoms with E-state index in [9.17, 15) is 4.39 Å². The lowest BCUT2D eigenvalue weighted by molar-refractivity contribution is 0.435. The highest BCUT2D eigenvalue weighted by Crippen LogP contribution is 2.23. The first kappa shape index (κ1) is 11.9. The zero-order valence-corrected chi connectivity index (χ0v) is 10.3. The average molecular weight is 298 g/mol. The van der Waals surface area contributed by atoms with E-state index in [0.29, 0.717) is 22.5 Å². The van der Waals surface area contributed by atoms with Crippen molar-refractivity contribution in [3.05, 3.63) is 46.4 Å². The molecule has 0 atom stereocenters. The predicted molar refractivity (Wildman–Crippen MR) is 64.1 cm³/mol. The van der Waals surface area contributed by atoms with Crippen LogP contribution in [0.1, 0.15) is 5.69 Å². The quantitative estimate of drug-likeness (QED) is 0.946. The number of halogens is 2. The van der Waals surface area contributed by atoms with E-state index in [1.165, 1.54) is 12.1 Å². The zero-order valence-electron chi connectivity index (χ0n) is 8.73. The minimum atomic E-state index is -0.399. The smallest absolute Gasteiger partial charge is 0.322 e. The summed E-state index contributed by atoms with van der Waals surface area (Å²) in [5.74, 6) is -0.0737. The molecule has 0 unspecified atom stereocenters. The summed E-state index contributed by atoms with van der Waals surface area (Å²) in [5, 5.41) is 0. The van der Waals surface area contributed by atoms with Gasteiger partial charge in [-0.25, -0.2) is 9.37 Å². The normalized spacial score (nSPS) is 10.3. The molecule has 0 aliphatic carbocycles. The van der Waals surface area contributed by atoms with Gasteiger partial charge in [-0.1, -0.05) is 15.9 Å². The van der Waals surface area contributed by atoms with Crippen molar-refractivity contribution in [2.45, 2.75) is 6.54 Å². The minimum Gasteiger partial charge on any atom is -0.424 e. The summed E-state index contributed by atoms with van der Waals surface area (Å²) in [7, 11) is 0. The lowest BCUT2D eigenvalue weighted by Gasteiger charge is -2.05. The number of hydrogen-bond donors (Lipinski definition) is 1. The molecule has 0 saturated heterocycles. The highest BCUT2D eigenvalue weighted by molar-refractivity contribution is 9.10. The maximum absolute atomic E-state index is 13.1. The Balaban J connectivity index is 2.24. The fourth-order valence-corrected chi connectivity index (χ4v) is 1.68. The number of nitrogens with two attached hydrogens (primary N) is 1. The molecule has 0 aliphatic heterocycles. The van der Waals surface area contributed by atoms with Crippen molar-refractivity contribution in [1.29, 1.82) is 0 Å². The van der Waals surface area contributed by atoms with Gasteiger partial charge in [0.05, 0.1) is 5.69 Å². The van der Waals surface area contributed by atoms with Crippen LogP contribution in [0.3, 0.4) is 0 Å². The summed E-state index contributed by atoms with van der Waals surface area (Å²) in [5.41, 5.74) is 6.10. The Hall–Kier alpha value is -1.53. The SMILES string of the molecule is NCc1ccnc(Oc2cc(F)cc(Br)c2)n1. The lowest BCUT2D eigenvalue weighted by atomic mass is 10.3. The summed E-state index contributed by atoms with van der Waals surface area (Å²) in [6, 6.07) is 6.05. The third-order valence-electron chi connectivity index (χ3n) is 1.95. The minimum absolute atomic E-state index is 0.144. The van der Waals surface area contributed by atoms with E-state index in [1.54, 1.807) is 18.3 Å². The van der Waals surface area contributed by atoms with Crippen molar-refractivity contribution in [3.8, 4) is 11.8 Å². The van der Waals surface area contributed by atoms with E-state index in [2.05, 4.69) is 25.9 Å². The first-order valence-electron chi connectivity index (χ1n) is 4.83. The van der Waals surface area contributed by atoms with Gasteiger partial charge in [0.1, 0.15) is 11.6 Å². The van der Waals surface area contributed by atoms with E-state index < -0.39 is 5.82 Å². The average Bonchev–Trinajstić information content (AvgIpc) is 2.28. The van der Waals surface area contributed by atoms with Gasteiger partial charge in [-0.2, -0.15) is 4.98 Å². The number of aromatic nitrogens is 2. The molecular formula is C11H9BrFN3O. The second-order valence-electron chi connectivity index (χ2n) is 3.24. The molecule has 6 heteroatoms. The first-order valence-corrected chi connectivity index (χ1v) is 5.62. The standard InChI is InChI=1S/C11H9BrFN3O/c12-7-3-8(13)5-10(4-7)17-11-15-2-1-9(6-14)16-11/h1-5H,6,14H2. The second-order valence-corrected chi connectivity index (χ2v) is 4.16. The van der Waals surface area contributed by atoms with Crippen LogP contribution in [0, 0.1) is 5.82 Å². The van der Waals surface area contributed by atoms with Crippen molar-refractivity contribution in [1.82, 2.24) is 9.97 Å². The van der Waals surface area contributed by atoms with Crippen LogP contribution in [0.2, 0.25) is 0 Å². The largest absolute Gasteiger partial charge is 0.424 e. The monoisotopic (exact) mass is 297 g/mol. The Morgan fingerprint density at radius 2 is 2.18 bits per heavy atom. The molecule has 1 aromatic heterocycles. The summed E-state index contributed by atoms with van der Waals surface area (Å²) in [6.45, 7) is 0.297. The zero-order chi connectivity index (χ0) is 12.3. The Bertz CT molecular complexity index is 516. The second kappa shape index (κ2) is 5.20. The van der Waals surface area contributed by atoms with Crippen LogP contribution in [0.15, 0.2) is 34.9 Å². The van der Waals surface area contributed by atoms with E-state index in [-0.39, 0.29) is 6.01 Å². The van der Waals surface area contributed by atoms with Crippen molar-refractivity contribution in [2.24, 2.45) is 5.73 Å². The van der Waals surface area contributed by atoms with Crippen LogP contribution in [0.25, 0.3) is 0 Å². The van der Waals surface area contributed by atoms with Gasteiger partial charge in [0, 0.05) is 23.3 Å². The van der Waals surface area contributed by atoms with Crippen LogP contribution in [-0.2, 0) is 6.54 Å². The summed E-state index contributed by atoms with van der Waals surface area (Å²) in [6.07, 6.45) is 1.54. The third kappa shape index (κ3) is 3.21. The maximum atomic E-state index is 13.1. The van der Waals surface area contributed by atoms with Crippen molar-refractivity contribution >= 4 is 15.9 Å². The summed E-state index contributed by atoms with van der Waals surface area (Å²) in [4.78, 5) is 7.97. The van der Waals surface area contributed by atoms with Crippen LogP contribution in [0.4, 0.5) is 4.39 Å². The van der Waals surface area contributed by atoms with Crippen LogP contribution >= 0.6 is 15.9 Å². The highest BCUT2D eigenvalue weighted by atomic mass is 79.9. The van der Waals surface area contributed by atoms with Crippen molar-refractivity contribution in [2.75, 3.05) is 0 Å². The van der Waals surface area contributed by atoms with Gasteiger partial charge in [-0.15, -0.1) is 0 Å². The molecule has 1 aromatic carbocycles. The molecule has 17 heavy (non-hydrogen) atoms. The van der Waals surface area contributed by atoms with Crippen LogP contribution < -0.4 is 10.5 Å². The molecule has 0 bridgehead atoms. The molecule has 4 nitrogen and oxygen atoms in total. The molecule has 88 valence electrons. The number of hydrogen-bond acceptors (Lipinski definition) is 4. The Morgan fingerprint density at radius 1 is 1.35 bits per heavy atom. The summed E-state index contributed by atoms with van der Waals surface area (Å²) >= 11 is 3.17. The van der Waals surface area contributed by atoms with Gasteiger partial charge in [0.25, 0.3) is 0 Å². The molecule has 1 heterocycles. The number of ether oxygens (including phenoxy) is 1. The van der Waals surface area contributed by atoms with Crippen molar-refractivity contribution in [3.63, 3.8) is 0 Å². The number of benzene rings is 1. The number of nitrogens with zero attached hydrogens (tertiary/aromatic N) is 2. The molecule has 2 aromatic rings. The van der Waals surface area contributed by atoms with Crippen LogP contribution in [0.5, 0.6) is 11.8 Å². The number of rotatable bonds is 3. The molecule has 0 aliphatic rings. The highest BCUT2D eigenvalue weighted by Gasteiger charge is 2.04. The fraction of sp³-hybridized carbons (Fsp3) is 0.0909. The first-order chi connectivity index (χ1) is 8.17. The molecule has 0 saturated carbocycles. The Morgan fingerprint density at radius 3 is 2.88 bits per heavy atom. The van der Waals surface area contributed by atoms with E-state index in [4.69, 9.17) is 10.5 Å². The topological polar surface area (TPSA) is 61.0 Å². The molecule has 0 amide bonds. The molecule has 2 rings (SSSR count). The van der Waals surface area contributed by atoms with Crippen LogP contribution in [-0.4, -0.2) is 9.97 Å². The van der Waals surface area contributed by atoms with Gasteiger partial charge in [-0.3, -0.25) is 0 Å². The van der Waals surface area contributed by atoms with E-state index in [0.717, 1.165) is 0 Å². The van der Waals surface area contributed by atoms with E-state index >= 15 is 0 Å².